The third-order valence-corrected chi connectivity index (χ3v) is 4.61. The number of benzene rings is 2. The molecule has 0 aliphatic rings. The molecule has 7 heteroatoms. The predicted octanol–water partition coefficient (Wildman–Crippen LogP) is 4.17. The van der Waals surface area contributed by atoms with Gasteiger partial charge in [0.2, 0.25) is 5.95 Å². The summed E-state index contributed by atoms with van der Waals surface area (Å²) in [5.41, 5.74) is 3.13. The summed E-state index contributed by atoms with van der Waals surface area (Å²) in [6.07, 6.45) is 0. The Morgan fingerprint density at radius 1 is 1.12 bits per heavy atom. The van der Waals surface area contributed by atoms with Gasteiger partial charge in [-0.1, -0.05) is 30.0 Å². The highest BCUT2D eigenvalue weighted by Crippen LogP contribution is 2.27. The number of anilines is 2. The molecule has 130 valence electrons. The summed E-state index contributed by atoms with van der Waals surface area (Å²) < 4.78 is 10.6. The Hall–Kier alpha value is -2.67. The van der Waals surface area contributed by atoms with Gasteiger partial charge in [-0.05, 0) is 36.8 Å². The van der Waals surface area contributed by atoms with Gasteiger partial charge in [-0.2, -0.15) is 4.98 Å². The topological polar surface area (TPSA) is 72.1 Å². The molecule has 0 saturated carbocycles. The van der Waals surface area contributed by atoms with Crippen LogP contribution in [0.15, 0.2) is 47.6 Å². The summed E-state index contributed by atoms with van der Waals surface area (Å²) >= 11 is 1.58. The Labute approximate surface area is 151 Å². The maximum Gasteiger partial charge on any atom is 0.247 e. The number of aromatic nitrogens is 3. The Bertz CT molecular complexity index is 851. The van der Waals surface area contributed by atoms with E-state index in [-0.39, 0.29) is 0 Å². The summed E-state index contributed by atoms with van der Waals surface area (Å²) in [5.74, 6) is 2.99. The smallest absolute Gasteiger partial charge is 0.247 e. The lowest BCUT2D eigenvalue weighted by atomic mass is 10.2. The van der Waals surface area contributed by atoms with E-state index in [1.807, 2.05) is 49.4 Å². The van der Waals surface area contributed by atoms with Crippen LogP contribution in [0.3, 0.4) is 0 Å². The van der Waals surface area contributed by atoms with Gasteiger partial charge in [-0.3, -0.25) is 5.10 Å². The summed E-state index contributed by atoms with van der Waals surface area (Å²) in [5, 5.41) is 11.1. The lowest BCUT2D eigenvalue weighted by molar-refractivity contribution is 0.411. The van der Waals surface area contributed by atoms with Crippen molar-refractivity contribution in [1.29, 1.82) is 0 Å². The summed E-state index contributed by atoms with van der Waals surface area (Å²) in [6.45, 7) is 2.01. The maximum atomic E-state index is 5.37. The van der Waals surface area contributed by atoms with Crippen molar-refractivity contribution in [2.45, 2.75) is 17.8 Å². The van der Waals surface area contributed by atoms with Crippen molar-refractivity contribution >= 4 is 23.4 Å². The van der Waals surface area contributed by atoms with Crippen LogP contribution in [0.1, 0.15) is 11.1 Å². The van der Waals surface area contributed by atoms with E-state index in [0.29, 0.717) is 5.95 Å². The molecule has 1 heterocycles. The second-order valence-corrected chi connectivity index (χ2v) is 6.33. The molecule has 0 saturated heterocycles. The average molecular weight is 356 g/mol. The third kappa shape index (κ3) is 4.24. The molecule has 3 rings (SSSR count). The van der Waals surface area contributed by atoms with Crippen LogP contribution in [0.2, 0.25) is 0 Å². The zero-order valence-corrected chi connectivity index (χ0v) is 15.2. The van der Waals surface area contributed by atoms with Crippen LogP contribution < -0.4 is 14.8 Å². The molecule has 0 atom stereocenters. The summed E-state index contributed by atoms with van der Waals surface area (Å²) in [4.78, 5) is 4.47. The second kappa shape index (κ2) is 7.94. The fraction of sp³-hybridized carbons (Fsp3) is 0.222. The van der Waals surface area contributed by atoms with Crippen molar-refractivity contribution in [1.82, 2.24) is 15.2 Å². The molecule has 25 heavy (non-hydrogen) atoms. The van der Waals surface area contributed by atoms with Gasteiger partial charge in [-0.25, -0.2) is 0 Å². The van der Waals surface area contributed by atoms with Gasteiger partial charge in [-0.15, -0.1) is 5.10 Å². The second-order valence-electron chi connectivity index (χ2n) is 5.37. The van der Waals surface area contributed by atoms with Gasteiger partial charge in [0.25, 0.3) is 0 Å². The third-order valence-electron chi connectivity index (χ3n) is 3.70. The van der Waals surface area contributed by atoms with E-state index < -0.39 is 0 Å². The number of nitrogens with zero attached hydrogens (tertiary/aromatic N) is 2. The van der Waals surface area contributed by atoms with E-state index in [1.165, 1.54) is 0 Å². The molecule has 3 aromatic rings. The Kier molecular flexibility index (Phi) is 5.45. The highest BCUT2D eigenvalue weighted by molar-refractivity contribution is 7.98. The first-order valence-electron chi connectivity index (χ1n) is 7.78. The molecule has 0 amide bonds. The molecule has 0 aliphatic carbocycles. The quantitative estimate of drug-likeness (QED) is 0.619. The fourth-order valence-electron chi connectivity index (χ4n) is 2.36. The number of methoxy groups -OCH3 is 2. The number of ether oxygens (including phenoxy) is 2. The van der Waals surface area contributed by atoms with E-state index in [0.717, 1.165) is 39.2 Å². The first kappa shape index (κ1) is 17.2. The van der Waals surface area contributed by atoms with Crippen molar-refractivity contribution < 1.29 is 9.47 Å². The van der Waals surface area contributed by atoms with Crippen LogP contribution in [0.25, 0.3) is 0 Å². The summed E-state index contributed by atoms with van der Waals surface area (Å²) in [7, 11) is 3.33. The number of H-pyrrole nitrogens is 1. The van der Waals surface area contributed by atoms with Gasteiger partial charge in [0.05, 0.1) is 14.2 Å². The molecule has 0 unspecified atom stereocenters. The van der Waals surface area contributed by atoms with Crippen LogP contribution in [-0.2, 0) is 5.75 Å². The molecule has 0 radical (unpaired) electrons. The lowest BCUT2D eigenvalue weighted by Gasteiger charge is -2.08. The molecule has 0 fully saturated rings. The van der Waals surface area contributed by atoms with E-state index >= 15 is 0 Å². The minimum Gasteiger partial charge on any atom is -0.497 e. The molecule has 6 nitrogen and oxygen atoms in total. The molecule has 2 N–H and O–H groups in total. The van der Waals surface area contributed by atoms with Crippen molar-refractivity contribution in [2.24, 2.45) is 0 Å². The fourth-order valence-corrected chi connectivity index (χ4v) is 3.15. The molecule has 2 aromatic carbocycles. The van der Waals surface area contributed by atoms with Crippen molar-refractivity contribution in [2.75, 3.05) is 19.5 Å². The zero-order chi connectivity index (χ0) is 17.6. The molecular weight excluding hydrogens is 336 g/mol. The highest BCUT2D eigenvalue weighted by Gasteiger charge is 2.08. The molecular formula is C18H20N4O2S. The lowest BCUT2D eigenvalue weighted by Crippen LogP contribution is -1.95. The van der Waals surface area contributed by atoms with Crippen LogP contribution >= 0.6 is 11.8 Å². The number of aryl methyl sites for hydroxylation is 1. The van der Waals surface area contributed by atoms with Crippen LogP contribution in [0.5, 0.6) is 11.5 Å². The largest absolute Gasteiger partial charge is 0.497 e. The first-order chi connectivity index (χ1) is 12.2. The molecule has 0 bridgehead atoms. The average Bonchev–Trinajstić information content (AvgIpc) is 3.09. The van der Waals surface area contributed by atoms with E-state index in [4.69, 9.17) is 9.47 Å². The predicted molar refractivity (Wildman–Crippen MR) is 100.0 cm³/mol. The van der Waals surface area contributed by atoms with Crippen molar-refractivity contribution in [3.63, 3.8) is 0 Å². The number of hydrogen-bond acceptors (Lipinski definition) is 6. The van der Waals surface area contributed by atoms with E-state index in [1.54, 1.807) is 26.0 Å². The van der Waals surface area contributed by atoms with Crippen LogP contribution in [0.4, 0.5) is 11.6 Å². The van der Waals surface area contributed by atoms with E-state index in [9.17, 15) is 0 Å². The van der Waals surface area contributed by atoms with Gasteiger partial charge in [0.1, 0.15) is 11.5 Å². The van der Waals surface area contributed by atoms with Crippen LogP contribution in [-0.4, -0.2) is 29.4 Å². The van der Waals surface area contributed by atoms with Crippen LogP contribution in [0, 0.1) is 6.92 Å². The monoisotopic (exact) mass is 356 g/mol. The Balaban J connectivity index is 1.64. The van der Waals surface area contributed by atoms with E-state index in [2.05, 4.69) is 20.5 Å². The van der Waals surface area contributed by atoms with Crippen molar-refractivity contribution in [3.8, 4) is 11.5 Å². The Morgan fingerprint density at radius 2 is 1.96 bits per heavy atom. The molecule has 0 spiro atoms. The molecule has 1 aromatic heterocycles. The molecule has 0 aliphatic heterocycles. The number of thioether (sulfide) groups is 1. The Morgan fingerprint density at radius 3 is 2.72 bits per heavy atom. The highest BCUT2D eigenvalue weighted by atomic mass is 32.2. The number of nitrogens with one attached hydrogen (secondary N) is 2. The first-order valence-corrected chi connectivity index (χ1v) is 8.77. The normalized spacial score (nSPS) is 10.5. The maximum absolute atomic E-state index is 5.37. The standard InChI is InChI=1S/C18H20N4O2S/c1-12-10-14(23-2)8-9-15(12)19-17-20-18(22-21-17)25-11-13-6-4-5-7-16(13)24-3/h4-10H,11H2,1-3H3,(H2,19,20,21,22). The zero-order valence-electron chi connectivity index (χ0n) is 14.4. The number of rotatable bonds is 7. The van der Waals surface area contributed by atoms with Gasteiger partial charge in [0, 0.05) is 17.0 Å². The van der Waals surface area contributed by atoms with Gasteiger partial charge >= 0.3 is 0 Å². The SMILES string of the molecule is COc1ccc(Nc2n[nH]c(SCc3ccccc3OC)n2)c(C)c1. The number of para-hydroxylation sites is 1. The minimum atomic E-state index is 0.538. The van der Waals surface area contributed by atoms with Gasteiger partial charge < -0.3 is 14.8 Å². The minimum absolute atomic E-state index is 0.538. The summed E-state index contributed by atoms with van der Waals surface area (Å²) in [6, 6.07) is 13.8. The van der Waals surface area contributed by atoms with Gasteiger partial charge in [0.15, 0.2) is 5.16 Å². The number of aromatic amines is 1. The number of hydrogen-bond donors (Lipinski definition) is 2. The van der Waals surface area contributed by atoms with Crippen molar-refractivity contribution in [3.05, 3.63) is 53.6 Å².